The second-order valence-electron chi connectivity index (χ2n) is 0.703. The summed E-state index contributed by atoms with van der Waals surface area (Å²) in [5.41, 5.74) is 4.53. The average Bonchev–Trinajstić information content (AvgIpc) is 1.69. The number of hydrogen-bond acceptors (Lipinski definition) is 3. The summed E-state index contributed by atoms with van der Waals surface area (Å²) in [5, 5.41) is 0. The molecule has 0 bridgehead atoms. The van der Waals surface area contributed by atoms with E-state index >= 15 is 0 Å². The van der Waals surface area contributed by atoms with E-state index in [9.17, 15) is 4.79 Å². The maximum atomic E-state index is 9.47. The molecule has 0 aliphatic carbocycles. The van der Waals surface area contributed by atoms with Gasteiger partial charge < -0.3 is 7.16 Å². The van der Waals surface area contributed by atoms with E-state index in [1.54, 1.807) is 0 Å². The van der Waals surface area contributed by atoms with Crippen molar-refractivity contribution in [2.75, 3.05) is 0 Å². The van der Waals surface area contributed by atoms with Crippen molar-refractivity contribution >= 4 is 33.4 Å². The quantitative estimate of drug-likeness (QED) is 0.346. The van der Waals surface area contributed by atoms with Gasteiger partial charge in [-0.15, -0.1) is 12.4 Å². The van der Waals surface area contributed by atoms with Crippen molar-refractivity contribution < 1.29 is 43.4 Å². The minimum atomic E-state index is -1.75. The molecule has 0 saturated carbocycles. The Labute approximate surface area is 94.5 Å². The Morgan fingerprint density at radius 1 is 1.60 bits per heavy atom. The Morgan fingerprint density at radius 3 is 1.70 bits per heavy atom. The Morgan fingerprint density at radius 2 is 1.70 bits per heavy atom. The first-order chi connectivity index (χ1) is 3.68. The van der Waals surface area contributed by atoms with Crippen LogP contribution in [-0.2, 0) is 12.4 Å². The van der Waals surface area contributed by atoms with E-state index in [1.807, 2.05) is 0 Å². The van der Waals surface area contributed by atoms with Gasteiger partial charge in [-0.1, -0.05) is 6.58 Å². The van der Waals surface area contributed by atoms with Crippen molar-refractivity contribution in [3.05, 3.63) is 12.7 Å². The normalized spacial score (nSPS) is 4.00. The Bertz CT molecular complexity index is 130. The third-order valence-corrected chi connectivity index (χ3v) is 0.201. The number of carbonyl (C=O) groups excluding carboxylic acids is 1. The fourth-order valence-corrected chi connectivity index (χ4v) is 0. The van der Waals surface area contributed by atoms with Crippen molar-refractivity contribution in [1.82, 2.24) is 0 Å². The van der Waals surface area contributed by atoms with Crippen LogP contribution in [0.4, 0.5) is 0 Å². The molecule has 54 valence electrons. The van der Waals surface area contributed by atoms with E-state index in [2.05, 4.69) is 12.3 Å². The van der Waals surface area contributed by atoms with Gasteiger partial charge in [0, 0.05) is 0 Å². The van der Waals surface area contributed by atoms with Gasteiger partial charge in [0.2, 0.25) is 5.91 Å². The summed E-state index contributed by atoms with van der Waals surface area (Å²) in [6, 6.07) is 0. The number of amides is 1. The molecule has 0 saturated heterocycles. The Hall–Kier alpha value is 0.632. The first-order valence-corrected chi connectivity index (χ1v) is 2.60. The van der Waals surface area contributed by atoms with Gasteiger partial charge in [0.05, 0.1) is 0 Å². The molecule has 0 aromatic heterocycles. The molecule has 1 amide bonds. The van der Waals surface area contributed by atoms with Crippen LogP contribution in [0, 0.1) is 0 Å². The molecule has 0 fully saturated rings. The number of halogens is 1. The van der Waals surface area contributed by atoms with Gasteiger partial charge in [0.15, 0.2) is 0 Å². The van der Waals surface area contributed by atoms with Crippen LogP contribution in [0.2, 0.25) is 0 Å². The second-order valence-corrected chi connectivity index (χ2v) is 0.895. The van der Waals surface area contributed by atoms with Gasteiger partial charge in [0.25, 0.3) is 0 Å². The van der Waals surface area contributed by atoms with E-state index < -0.39 is 21.0 Å². The predicted octanol–water partition coefficient (Wildman–Crippen LogP) is -3.42. The molecule has 0 rings (SSSR count). The fourth-order valence-electron chi connectivity index (χ4n) is 0. The van der Waals surface area contributed by atoms with Gasteiger partial charge >= 0.3 is 52.3 Å². The van der Waals surface area contributed by atoms with Crippen LogP contribution in [0.3, 0.4) is 0 Å². The SMILES string of the molecule is C=CC(N)=O.Cl.[H-].[Na+].[O]=[Al-]=[O]. The van der Waals surface area contributed by atoms with Gasteiger partial charge in [-0.2, -0.15) is 0 Å². The molecular formula is C3H7AlClNNaO3-. The van der Waals surface area contributed by atoms with Gasteiger partial charge in [-0.25, -0.2) is 0 Å². The Kier molecular flexibility index (Phi) is 50.7. The first kappa shape index (κ1) is 22.4. The fraction of sp³-hybridized carbons (Fsp3) is 0. The summed E-state index contributed by atoms with van der Waals surface area (Å²) in [7, 11) is 0. The van der Waals surface area contributed by atoms with E-state index in [4.69, 9.17) is 7.61 Å². The van der Waals surface area contributed by atoms with Crippen molar-refractivity contribution in [2.24, 2.45) is 5.73 Å². The summed E-state index contributed by atoms with van der Waals surface area (Å²) < 4.78 is 16.9. The molecule has 0 aromatic carbocycles. The molecule has 0 spiro atoms. The summed E-state index contributed by atoms with van der Waals surface area (Å²) in [4.78, 5) is 9.47. The molecule has 10 heavy (non-hydrogen) atoms. The summed E-state index contributed by atoms with van der Waals surface area (Å²) in [6.45, 7) is 3.09. The number of hydrogen-bond donors (Lipinski definition) is 1. The van der Waals surface area contributed by atoms with Crippen LogP contribution in [-0.4, -0.2) is 21.0 Å². The van der Waals surface area contributed by atoms with E-state index in [0.29, 0.717) is 0 Å². The molecular weight excluding hydrogens is 183 g/mol. The van der Waals surface area contributed by atoms with Crippen LogP contribution in [0.15, 0.2) is 12.7 Å². The number of nitrogens with two attached hydrogens (primary N) is 1. The van der Waals surface area contributed by atoms with E-state index in [-0.39, 0.29) is 43.4 Å². The van der Waals surface area contributed by atoms with Gasteiger partial charge in [0.1, 0.15) is 0 Å². The predicted molar refractivity (Wildman–Crippen MR) is 34.9 cm³/mol. The number of rotatable bonds is 1. The van der Waals surface area contributed by atoms with Crippen LogP contribution in [0.1, 0.15) is 1.43 Å². The van der Waals surface area contributed by atoms with Crippen molar-refractivity contribution in [2.45, 2.75) is 0 Å². The van der Waals surface area contributed by atoms with Crippen molar-refractivity contribution in [3.8, 4) is 0 Å². The minimum absolute atomic E-state index is 0. The van der Waals surface area contributed by atoms with Crippen molar-refractivity contribution in [1.29, 1.82) is 0 Å². The molecule has 0 aliphatic rings. The Balaban J connectivity index is -0.0000000183. The molecule has 2 N–H and O–H groups in total. The van der Waals surface area contributed by atoms with Gasteiger partial charge in [-0.3, -0.25) is 4.79 Å². The second kappa shape index (κ2) is 22.6. The number of primary amides is 1. The maximum absolute atomic E-state index is 9.47. The van der Waals surface area contributed by atoms with Crippen molar-refractivity contribution in [3.63, 3.8) is 0 Å². The molecule has 0 radical (unpaired) electrons. The van der Waals surface area contributed by atoms with Crippen LogP contribution in [0.25, 0.3) is 0 Å². The van der Waals surface area contributed by atoms with E-state index in [0.717, 1.165) is 6.08 Å². The van der Waals surface area contributed by atoms with E-state index in [1.165, 1.54) is 0 Å². The summed E-state index contributed by atoms with van der Waals surface area (Å²) >= 11 is -1.75. The van der Waals surface area contributed by atoms with Crippen LogP contribution in [0.5, 0.6) is 0 Å². The topological polar surface area (TPSA) is 77.2 Å². The van der Waals surface area contributed by atoms with Gasteiger partial charge in [-0.05, 0) is 6.08 Å². The third-order valence-electron chi connectivity index (χ3n) is 0.201. The molecule has 0 atom stereocenters. The average molecular weight is 191 g/mol. The van der Waals surface area contributed by atoms with Crippen LogP contribution >= 0.6 is 12.4 Å². The standard InChI is InChI=1S/C3H5NO.Al.ClH.Na.2O.H/c1-2-3(4)5;;;;;;/h2H,1H2,(H2,4,5);;1H;;;;/q;-1;;+1;;;-1. The number of carbonyl (C=O) groups is 1. The zero-order valence-corrected chi connectivity index (χ0v) is 9.54. The van der Waals surface area contributed by atoms with Crippen LogP contribution < -0.4 is 35.3 Å². The zero-order chi connectivity index (χ0) is 6.99. The molecule has 0 heterocycles. The summed E-state index contributed by atoms with van der Waals surface area (Å²) in [6.07, 6.45) is 1.06. The molecule has 0 aliphatic heterocycles. The monoisotopic (exact) mass is 190 g/mol. The molecule has 0 aromatic rings. The summed E-state index contributed by atoms with van der Waals surface area (Å²) in [5.74, 6) is -0.481. The third kappa shape index (κ3) is 72.6. The molecule has 4 nitrogen and oxygen atoms in total. The first-order valence-electron chi connectivity index (χ1n) is 1.66. The zero-order valence-electron chi connectivity index (χ0n) is 6.57. The molecule has 0 unspecified atom stereocenters. The molecule has 7 heteroatoms.